The highest BCUT2D eigenvalue weighted by molar-refractivity contribution is 6.05. The summed E-state index contributed by atoms with van der Waals surface area (Å²) >= 11 is 0. The SMILES string of the molecule is C=CCC=CC(C)CCC(C)(C1=NCCO1)C1=NCCO1. The summed E-state index contributed by atoms with van der Waals surface area (Å²) in [4.78, 5) is 9.02. The minimum atomic E-state index is -0.312. The monoisotopic (exact) mass is 290 g/mol. The lowest BCUT2D eigenvalue weighted by atomic mass is 9.82. The van der Waals surface area contributed by atoms with Crippen LogP contribution in [0.1, 0.15) is 33.1 Å². The van der Waals surface area contributed by atoms with E-state index in [1.165, 1.54) is 0 Å². The van der Waals surface area contributed by atoms with Gasteiger partial charge in [-0.25, -0.2) is 0 Å². The molecule has 0 aromatic heterocycles. The normalized spacial score (nSPS) is 19.9. The average molecular weight is 290 g/mol. The fourth-order valence-corrected chi connectivity index (χ4v) is 2.66. The number of allylic oxidation sites excluding steroid dienone is 3. The van der Waals surface area contributed by atoms with E-state index in [4.69, 9.17) is 9.47 Å². The summed E-state index contributed by atoms with van der Waals surface area (Å²) in [6.07, 6.45) is 9.24. The van der Waals surface area contributed by atoms with E-state index in [2.05, 4.69) is 42.6 Å². The Morgan fingerprint density at radius 2 is 1.86 bits per heavy atom. The van der Waals surface area contributed by atoms with Crippen molar-refractivity contribution >= 4 is 11.8 Å². The van der Waals surface area contributed by atoms with Crippen LogP contribution in [0.2, 0.25) is 0 Å². The molecule has 0 radical (unpaired) electrons. The lowest BCUT2D eigenvalue weighted by Crippen LogP contribution is -2.37. The van der Waals surface area contributed by atoms with Gasteiger partial charge in [0.15, 0.2) is 11.8 Å². The van der Waals surface area contributed by atoms with Gasteiger partial charge in [-0.1, -0.05) is 25.2 Å². The zero-order valence-electron chi connectivity index (χ0n) is 13.2. The summed E-state index contributed by atoms with van der Waals surface area (Å²) in [6, 6.07) is 0. The Hall–Kier alpha value is -1.58. The van der Waals surface area contributed by atoms with Gasteiger partial charge in [-0.2, -0.15) is 0 Å². The van der Waals surface area contributed by atoms with Crippen molar-refractivity contribution < 1.29 is 9.47 Å². The van der Waals surface area contributed by atoms with E-state index in [1.807, 2.05) is 6.08 Å². The molecule has 0 saturated carbocycles. The van der Waals surface area contributed by atoms with Crippen LogP contribution in [0.5, 0.6) is 0 Å². The molecular weight excluding hydrogens is 264 g/mol. The van der Waals surface area contributed by atoms with Crippen LogP contribution < -0.4 is 0 Å². The molecule has 0 amide bonds. The third-order valence-corrected chi connectivity index (χ3v) is 3.98. The van der Waals surface area contributed by atoms with E-state index in [9.17, 15) is 0 Å². The number of hydrogen-bond acceptors (Lipinski definition) is 4. The highest BCUT2D eigenvalue weighted by Crippen LogP contribution is 2.33. The van der Waals surface area contributed by atoms with Gasteiger partial charge in [-0.15, -0.1) is 6.58 Å². The molecule has 0 aromatic carbocycles. The number of hydrogen-bond donors (Lipinski definition) is 0. The first-order valence-corrected chi connectivity index (χ1v) is 7.80. The number of aliphatic imine (C=N–C) groups is 2. The highest BCUT2D eigenvalue weighted by Gasteiger charge is 2.42. The number of ether oxygens (including phenoxy) is 2. The third-order valence-electron chi connectivity index (χ3n) is 3.98. The van der Waals surface area contributed by atoms with Crippen LogP contribution in [-0.2, 0) is 9.47 Å². The van der Waals surface area contributed by atoms with Crippen molar-refractivity contribution in [3.8, 4) is 0 Å². The lowest BCUT2D eigenvalue weighted by molar-refractivity contribution is 0.263. The highest BCUT2D eigenvalue weighted by atomic mass is 16.5. The van der Waals surface area contributed by atoms with Crippen molar-refractivity contribution in [1.82, 2.24) is 0 Å². The van der Waals surface area contributed by atoms with E-state index in [1.54, 1.807) is 0 Å². The van der Waals surface area contributed by atoms with Crippen molar-refractivity contribution in [3.05, 3.63) is 24.8 Å². The fourth-order valence-electron chi connectivity index (χ4n) is 2.66. The molecule has 4 nitrogen and oxygen atoms in total. The number of nitrogens with zero attached hydrogens (tertiary/aromatic N) is 2. The van der Waals surface area contributed by atoms with Crippen LogP contribution in [0.25, 0.3) is 0 Å². The van der Waals surface area contributed by atoms with Crippen molar-refractivity contribution in [2.24, 2.45) is 21.3 Å². The van der Waals surface area contributed by atoms with Gasteiger partial charge in [0, 0.05) is 0 Å². The summed E-state index contributed by atoms with van der Waals surface area (Å²) in [5.74, 6) is 2.10. The molecular formula is C17H26N2O2. The molecule has 1 unspecified atom stereocenters. The minimum absolute atomic E-state index is 0.312. The quantitative estimate of drug-likeness (QED) is 0.643. The van der Waals surface area contributed by atoms with Crippen molar-refractivity contribution in [3.63, 3.8) is 0 Å². The smallest absolute Gasteiger partial charge is 0.199 e. The molecule has 0 aliphatic carbocycles. The van der Waals surface area contributed by atoms with Crippen LogP contribution in [0, 0.1) is 11.3 Å². The van der Waals surface area contributed by atoms with Gasteiger partial charge in [0.1, 0.15) is 18.6 Å². The first-order valence-electron chi connectivity index (χ1n) is 7.80. The molecule has 0 fully saturated rings. The molecule has 2 aliphatic heterocycles. The maximum absolute atomic E-state index is 5.72. The fraction of sp³-hybridized carbons (Fsp3) is 0.647. The second-order valence-electron chi connectivity index (χ2n) is 5.87. The van der Waals surface area contributed by atoms with Crippen LogP contribution in [0.3, 0.4) is 0 Å². The van der Waals surface area contributed by atoms with Crippen molar-refractivity contribution in [2.45, 2.75) is 33.1 Å². The van der Waals surface area contributed by atoms with Gasteiger partial charge in [-0.3, -0.25) is 9.98 Å². The second kappa shape index (κ2) is 7.43. The zero-order chi connectivity index (χ0) is 15.1. The molecule has 116 valence electrons. The van der Waals surface area contributed by atoms with Crippen molar-refractivity contribution in [2.75, 3.05) is 26.3 Å². The predicted molar refractivity (Wildman–Crippen MR) is 87.0 cm³/mol. The molecule has 21 heavy (non-hydrogen) atoms. The molecule has 0 N–H and O–H groups in total. The van der Waals surface area contributed by atoms with E-state index < -0.39 is 0 Å². The number of rotatable bonds is 8. The molecule has 2 heterocycles. The van der Waals surface area contributed by atoms with Gasteiger partial charge in [0.05, 0.1) is 13.1 Å². The Balaban J connectivity index is 2.01. The lowest BCUT2D eigenvalue weighted by Gasteiger charge is -2.28. The molecule has 0 bridgehead atoms. The average Bonchev–Trinajstić information content (AvgIpc) is 3.17. The maximum atomic E-state index is 5.72. The molecule has 1 atom stereocenters. The van der Waals surface area contributed by atoms with Crippen LogP contribution in [0.4, 0.5) is 0 Å². The molecule has 0 saturated heterocycles. The zero-order valence-corrected chi connectivity index (χ0v) is 13.2. The molecule has 2 aliphatic rings. The molecule has 4 heteroatoms. The Morgan fingerprint density at radius 3 is 2.33 bits per heavy atom. The standard InChI is InChI=1S/C17H26N2O2/c1-4-5-6-7-14(2)8-9-17(3,15-18-10-12-20-15)16-19-11-13-21-16/h4,6-7,14H,1,5,8-13H2,2-3H3. The molecule has 0 spiro atoms. The van der Waals surface area contributed by atoms with E-state index >= 15 is 0 Å². The predicted octanol–water partition coefficient (Wildman–Crippen LogP) is 3.40. The summed E-state index contributed by atoms with van der Waals surface area (Å²) in [5.41, 5.74) is -0.312. The van der Waals surface area contributed by atoms with Crippen LogP contribution in [-0.4, -0.2) is 38.1 Å². The first kappa shape index (κ1) is 15.8. The van der Waals surface area contributed by atoms with Gasteiger partial charge in [-0.05, 0) is 32.1 Å². The Kier molecular flexibility index (Phi) is 5.59. The summed E-state index contributed by atoms with van der Waals surface area (Å²) in [7, 11) is 0. The largest absolute Gasteiger partial charge is 0.478 e. The first-order chi connectivity index (χ1) is 10.2. The molecule has 2 rings (SSSR count). The van der Waals surface area contributed by atoms with Crippen LogP contribution >= 0.6 is 0 Å². The summed E-state index contributed by atoms with van der Waals surface area (Å²) in [6.45, 7) is 10.9. The summed E-state index contributed by atoms with van der Waals surface area (Å²) < 4.78 is 11.4. The van der Waals surface area contributed by atoms with Gasteiger partial charge >= 0.3 is 0 Å². The molecule has 0 aromatic rings. The van der Waals surface area contributed by atoms with E-state index in [0.29, 0.717) is 19.1 Å². The van der Waals surface area contributed by atoms with Gasteiger partial charge in [0.2, 0.25) is 0 Å². The minimum Gasteiger partial charge on any atom is -0.478 e. The van der Waals surface area contributed by atoms with Gasteiger partial charge in [0.25, 0.3) is 0 Å². The van der Waals surface area contributed by atoms with Crippen LogP contribution in [0.15, 0.2) is 34.8 Å². The van der Waals surface area contributed by atoms with E-state index in [0.717, 1.165) is 44.1 Å². The van der Waals surface area contributed by atoms with Gasteiger partial charge < -0.3 is 9.47 Å². The summed E-state index contributed by atoms with van der Waals surface area (Å²) in [5, 5.41) is 0. The second-order valence-corrected chi connectivity index (χ2v) is 5.87. The Morgan fingerprint density at radius 1 is 1.24 bits per heavy atom. The topological polar surface area (TPSA) is 43.2 Å². The Bertz CT molecular complexity index is 428. The van der Waals surface area contributed by atoms with E-state index in [-0.39, 0.29) is 5.41 Å². The Labute approximate surface area is 127 Å². The van der Waals surface area contributed by atoms with Crippen molar-refractivity contribution in [1.29, 1.82) is 0 Å². The third kappa shape index (κ3) is 3.96. The maximum Gasteiger partial charge on any atom is 0.199 e.